The van der Waals surface area contributed by atoms with Crippen LogP contribution < -0.4 is 20.5 Å². The summed E-state index contributed by atoms with van der Waals surface area (Å²) in [6, 6.07) is 8.12. The summed E-state index contributed by atoms with van der Waals surface area (Å²) in [5.74, 6) is 1.40. The minimum absolute atomic E-state index is 0.103. The number of halogens is 4. The fraction of sp³-hybridized carbons (Fsp3) is 0.217. The molecule has 36 heavy (non-hydrogen) atoms. The van der Waals surface area contributed by atoms with Crippen molar-refractivity contribution in [3.63, 3.8) is 0 Å². The number of carbonyl (C=O) groups excluding carboxylic acids is 1. The summed E-state index contributed by atoms with van der Waals surface area (Å²) in [5, 5.41) is 2.00. The molecule has 1 aliphatic heterocycles. The zero-order chi connectivity index (χ0) is 25.9. The number of aromatic amines is 1. The van der Waals surface area contributed by atoms with Crippen LogP contribution in [-0.2, 0) is 11.0 Å². The number of fused-ring (bicyclic) bond motifs is 4. The molecule has 2 atom stereocenters. The molecule has 2 aliphatic rings. The predicted octanol–water partition coefficient (Wildman–Crippen LogP) is 4.38. The number of anilines is 1. The van der Waals surface area contributed by atoms with Crippen molar-refractivity contribution >= 4 is 23.3 Å². The monoisotopic (exact) mass is 504 g/mol. The second-order valence-electron chi connectivity index (χ2n) is 7.53. The first-order chi connectivity index (χ1) is 17.3. The van der Waals surface area contributed by atoms with Crippen LogP contribution in [0.1, 0.15) is 23.5 Å². The molecule has 2 unspecified atom stereocenters. The molecule has 1 amide bonds. The molecule has 2 aromatic heterocycles. The highest BCUT2D eigenvalue weighted by Gasteiger charge is 2.48. The number of amides is 1. The maximum Gasteiger partial charge on any atom is 0.419 e. The molecule has 2 aromatic carbocycles. The van der Waals surface area contributed by atoms with Gasteiger partial charge in [0.25, 0.3) is 0 Å². The number of imidazole rings is 1. The van der Waals surface area contributed by atoms with E-state index in [-0.39, 0.29) is 12.1 Å². The molecule has 0 saturated heterocycles. The molecule has 6 rings (SSSR count). The molecular weight excluding hydrogens is 484 g/mol. The summed E-state index contributed by atoms with van der Waals surface area (Å²) in [4.78, 5) is 25.2. The first-order valence-electron chi connectivity index (χ1n) is 10.6. The van der Waals surface area contributed by atoms with Crippen LogP contribution in [0.2, 0.25) is 0 Å². The number of nitrogens with two attached hydrogens (primary N) is 1. The second-order valence-corrected chi connectivity index (χ2v) is 7.53. The minimum atomic E-state index is -4.76. The zero-order valence-electron chi connectivity index (χ0n) is 18.7. The van der Waals surface area contributed by atoms with Crippen molar-refractivity contribution in [3.05, 3.63) is 66.0 Å². The smallest absolute Gasteiger partial charge is 0.419 e. The highest BCUT2D eigenvalue weighted by molar-refractivity contribution is 5.75. The quantitative estimate of drug-likeness (QED) is 0.278. The third-order valence-electron chi connectivity index (χ3n) is 5.29. The van der Waals surface area contributed by atoms with Crippen molar-refractivity contribution < 1.29 is 31.8 Å². The highest BCUT2D eigenvalue weighted by atomic mass is 19.4. The lowest BCUT2D eigenvalue weighted by Crippen LogP contribution is -2.09. The van der Waals surface area contributed by atoms with Crippen LogP contribution in [0.3, 0.4) is 0 Å². The van der Waals surface area contributed by atoms with Gasteiger partial charge in [-0.25, -0.2) is 14.4 Å². The van der Waals surface area contributed by atoms with Gasteiger partial charge in [-0.1, -0.05) is 0 Å². The first kappa shape index (κ1) is 24.9. The third kappa shape index (κ3) is 5.20. The fourth-order valence-corrected chi connectivity index (χ4v) is 3.61. The molecule has 0 bridgehead atoms. The lowest BCUT2D eigenvalue weighted by Gasteiger charge is -2.09. The summed E-state index contributed by atoms with van der Waals surface area (Å²) >= 11 is 0. The van der Waals surface area contributed by atoms with E-state index in [0.29, 0.717) is 41.2 Å². The lowest BCUT2D eigenvalue weighted by molar-refractivity contribution is -0.140. The Kier molecular flexibility index (Phi) is 7.01. The number of carbonyl (C=O) groups is 1. The molecule has 1 fully saturated rings. The van der Waals surface area contributed by atoms with Crippen LogP contribution in [0, 0.1) is 5.82 Å². The van der Waals surface area contributed by atoms with Gasteiger partial charge in [-0.3, -0.25) is 4.79 Å². The minimum Gasteiger partial charge on any atom is -0.489 e. The van der Waals surface area contributed by atoms with Crippen molar-refractivity contribution in [1.82, 2.24) is 19.9 Å². The molecule has 1 saturated carbocycles. The molecule has 4 N–H and O–H groups in total. The lowest BCUT2D eigenvalue weighted by atomic mass is 10.1. The van der Waals surface area contributed by atoms with Gasteiger partial charge in [-0.05, 0) is 49.9 Å². The van der Waals surface area contributed by atoms with E-state index in [4.69, 9.17) is 9.47 Å². The number of rotatable bonds is 4. The van der Waals surface area contributed by atoms with Crippen LogP contribution in [0.5, 0.6) is 17.4 Å². The number of ether oxygens (including phenoxy) is 2. The Morgan fingerprint density at radius 1 is 1.17 bits per heavy atom. The van der Waals surface area contributed by atoms with E-state index in [1.165, 1.54) is 18.9 Å². The first-order valence-corrected chi connectivity index (χ1v) is 10.6. The van der Waals surface area contributed by atoms with E-state index in [1.807, 2.05) is 23.5 Å². The number of alkyl halides is 3. The van der Waals surface area contributed by atoms with Gasteiger partial charge in [0, 0.05) is 17.2 Å². The standard InChI is InChI=1S/C14H10N4O2.C8H5F4NO.CH5N/c1-2-10-8(9-4-11(9)20-10)3-7(1)19-14-12-13(16-5-15-12)17-6-18-14;9-7-2-1-5(13-4-14)3-6(7)8(10,11)12;1-2/h1-3,5-6,9,11H,4H2,(H,15,16,17,18);1-4H,(H,13,14);2H2,1H3. The van der Waals surface area contributed by atoms with E-state index >= 15 is 0 Å². The Hall–Kier alpha value is -4.26. The molecule has 0 spiro atoms. The van der Waals surface area contributed by atoms with Crippen molar-refractivity contribution in [2.75, 3.05) is 12.4 Å². The molecule has 1 aliphatic carbocycles. The topological polar surface area (TPSA) is 128 Å². The summed E-state index contributed by atoms with van der Waals surface area (Å²) < 4.78 is 60.6. The Labute approximate surface area is 201 Å². The SMILES string of the molecule is CN.O=CNc1ccc(F)c(C(F)(F)F)c1.c1nc(Oc2ccc3c(c2)C2CC2O3)c2[nH]cnc2n1. The largest absolute Gasteiger partial charge is 0.489 e. The summed E-state index contributed by atoms with van der Waals surface area (Å²) in [6.07, 6.45) is -0.00501. The van der Waals surface area contributed by atoms with Gasteiger partial charge in [0.2, 0.25) is 12.3 Å². The van der Waals surface area contributed by atoms with E-state index < -0.39 is 17.6 Å². The number of nitrogens with zero attached hydrogens (tertiary/aromatic N) is 3. The van der Waals surface area contributed by atoms with Crippen LogP contribution in [0.4, 0.5) is 23.2 Å². The number of hydrogen-bond acceptors (Lipinski definition) is 7. The summed E-state index contributed by atoms with van der Waals surface area (Å²) in [7, 11) is 1.50. The van der Waals surface area contributed by atoms with Gasteiger partial charge in [0.15, 0.2) is 5.65 Å². The van der Waals surface area contributed by atoms with E-state index in [9.17, 15) is 22.4 Å². The molecule has 3 heterocycles. The number of hydrogen-bond donors (Lipinski definition) is 3. The Bertz CT molecular complexity index is 1380. The van der Waals surface area contributed by atoms with Crippen LogP contribution in [0.25, 0.3) is 11.2 Å². The second kappa shape index (κ2) is 10.2. The maximum absolute atomic E-state index is 12.7. The number of H-pyrrole nitrogens is 1. The average Bonchev–Trinajstić information content (AvgIpc) is 3.29. The fourth-order valence-electron chi connectivity index (χ4n) is 3.61. The molecular formula is C23H20F4N6O3. The van der Waals surface area contributed by atoms with Gasteiger partial charge in [0.1, 0.15) is 35.3 Å². The van der Waals surface area contributed by atoms with Crippen LogP contribution >= 0.6 is 0 Å². The molecule has 13 heteroatoms. The van der Waals surface area contributed by atoms with Gasteiger partial charge in [0.05, 0.1) is 11.9 Å². The van der Waals surface area contributed by atoms with Crippen LogP contribution in [0.15, 0.2) is 49.1 Å². The Balaban J connectivity index is 0.000000169. The third-order valence-corrected chi connectivity index (χ3v) is 5.29. The van der Waals surface area contributed by atoms with E-state index in [2.05, 4.69) is 25.7 Å². The van der Waals surface area contributed by atoms with Gasteiger partial charge in [-0.2, -0.15) is 18.2 Å². The Morgan fingerprint density at radius 3 is 2.72 bits per heavy atom. The van der Waals surface area contributed by atoms with Crippen molar-refractivity contribution in [2.24, 2.45) is 5.73 Å². The van der Waals surface area contributed by atoms with Crippen molar-refractivity contribution in [2.45, 2.75) is 24.6 Å². The van der Waals surface area contributed by atoms with Gasteiger partial charge in [-0.15, -0.1) is 0 Å². The highest BCUT2D eigenvalue weighted by Crippen LogP contribution is 2.54. The van der Waals surface area contributed by atoms with Gasteiger partial charge >= 0.3 is 6.18 Å². The van der Waals surface area contributed by atoms with E-state index in [1.54, 1.807) is 6.33 Å². The molecule has 9 nitrogen and oxygen atoms in total. The average molecular weight is 504 g/mol. The molecule has 188 valence electrons. The number of nitrogens with one attached hydrogen (secondary N) is 2. The molecule has 0 radical (unpaired) electrons. The number of benzene rings is 2. The predicted molar refractivity (Wildman–Crippen MR) is 121 cm³/mol. The van der Waals surface area contributed by atoms with Crippen LogP contribution in [-0.4, -0.2) is 39.5 Å². The number of aromatic nitrogens is 4. The zero-order valence-corrected chi connectivity index (χ0v) is 18.7. The summed E-state index contributed by atoms with van der Waals surface area (Å²) in [5.41, 5.74) is 5.54. The normalized spacial score (nSPS) is 16.8. The van der Waals surface area contributed by atoms with Gasteiger partial charge < -0.3 is 25.5 Å². The van der Waals surface area contributed by atoms with E-state index in [0.717, 1.165) is 24.0 Å². The van der Waals surface area contributed by atoms with Crippen molar-refractivity contribution in [3.8, 4) is 17.4 Å². The summed E-state index contributed by atoms with van der Waals surface area (Å²) in [6.45, 7) is 0. The Morgan fingerprint density at radius 2 is 1.97 bits per heavy atom. The maximum atomic E-state index is 12.7. The molecule has 4 aromatic rings. The van der Waals surface area contributed by atoms with Crippen molar-refractivity contribution in [1.29, 1.82) is 0 Å².